The maximum absolute atomic E-state index is 12.5. The summed E-state index contributed by atoms with van der Waals surface area (Å²) >= 11 is 0. The average molecular weight is 292 g/mol. The highest BCUT2D eigenvalue weighted by Crippen LogP contribution is 2.24. The maximum atomic E-state index is 12.5. The zero-order chi connectivity index (χ0) is 15.6. The van der Waals surface area contributed by atoms with Crippen LogP contribution in [0, 0.1) is 5.92 Å². The Kier molecular flexibility index (Phi) is 4.11. The van der Waals surface area contributed by atoms with E-state index in [0.717, 1.165) is 4.90 Å². The highest BCUT2D eigenvalue weighted by atomic mass is 16.4. The molecule has 2 N–H and O–H groups in total. The van der Waals surface area contributed by atoms with Crippen LogP contribution in [0.4, 0.5) is 5.69 Å². The first kappa shape index (κ1) is 14.8. The second-order valence-electron chi connectivity index (χ2n) is 5.01. The van der Waals surface area contributed by atoms with E-state index in [1.165, 1.54) is 29.2 Å². The number of carboxylic acid groups (broad SMARTS) is 1. The summed E-state index contributed by atoms with van der Waals surface area (Å²) in [5, 5.41) is 18.2. The topological polar surface area (TPSA) is 98.2 Å². The largest absolute Gasteiger partial charge is 0.508 e. The summed E-state index contributed by atoms with van der Waals surface area (Å²) in [5.74, 6) is -2.20. The molecule has 112 valence electrons. The van der Waals surface area contributed by atoms with Crippen LogP contribution >= 0.6 is 0 Å². The maximum Gasteiger partial charge on any atom is 0.323 e. The standard InChI is InChI=1S/C14H16N2O5/c1-15-7-9(6-12(15)18)14(21)16(8-13(19)20)10-2-4-11(17)5-3-10/h2-5,9,17H,6-8H2,1H3,(H,19,20). The first-order valence-corrected chi connectivity index (χ1v) is 6.44. The number of amides is 2. The molecule has 0 bridgehead atoms. The van der Waals surface area contributed by atoms with Gasteiger partial charge in [0.1, 0.15) is 12.3 Å². The molecule has 7 nitrogen and oxygen atoms in total. The van der Waals surface area contributed by atoms with Gasteiger partial charge in [0, 0.05) is 25.7 Å². The van der Waals surface area contributed by atoms with Crippen molar-refractivity contribution in [3.05, 3.63) is 24.3 Å². The first-order chi connectivity index (χ1) is 9.88. The molecule has 1 atom stereocenters. The fraction of sp³-hybridized carbons (Fsp3) is 0.357. The molecule has 1 aromatic carbocycles. The fourth-order valence-electron chi connectivity index (χ4n) is 2.31. The first-order valence-electron chi connectivity index (χ1n) is 6.44. The molecule has 1 unspecified atom stereocenters. The Morgan fingerprint density at radius 2 is 1.95 bits per heavy atom. The number of hydrogen-bond donors (Lipinski definition) is 2. The summed E-state index contributed by atoms with van der Waals surface area (Å²) in [4.78, 5) is 37.6. The van der Waals surface area contributed by atoms with Crippen molar-refractivity contribution in [1.82, 2.24) is 4.90 Å². The lowest BCUT2D eigenvalue weighted by Gasteiger charge is -2.23. The molecular weight excluding hydrogens is 276 g/mol. The van der Waals surface area contributed by atoms with E-state index in [4.69, 9.17) is 5.11 Å². The summed E-state index contributed by atoms with van der Waals surface area (Å²) in [7, 11) is 1.61. The van der Waals surface area contributed by atoms with Crippen molar-refractivity contribution >= 4 is 23.5 Å². The van der Waals surface area contributed by atoms with Crippen molar-refractivity contribution in [3.63, 3.8) is 0 Å². The monoisotopic (exact) mass is 292 g/mol. The third kappa shape index (κ3) is 3.31. The Labute approximate surface area is 121 Å². The third-order valence-corrected chi connectivity index (χ3v) is 3.41. The third-order valence-electron chi connectivity index (χ3n) is 3.41. The predicted octanol–water partition coefficient (Wildman–Crippen LogP) is 0.288. The molecule has 7 heteroatoms. The van der Waals surface area contributed by atoms with Gasteiger partial charge in [0.25, 0.3) is 0 Å². The molecular formula is C14H16N2O5. The fourth-order valence-corrected chi connectivity index (χ4v) is 2.31. The van der Waals surface area contributed by atoms with Crippen LogP contribution in [0.5, 0.6) is 5.75 Å². The lowest BCUT2D eigenvalue weighted by Crippen LogP contribution is -2.40. The van der Waals surface area contributed by atoms with Gasteiger partial charge in [0.15, 0.2) is 0 Å². The van der Waals surface area contributed by atoms with Crippen molar-refractivity contribution in [2.24, 2.45) is 5.92 Å². The van der Waals surface area contributed by atoms with Gasteiger partial charge in [-0.3, -0.25) is 14.4 Å². The number of nitrogens with zero attached hydrogens (tertiary/aromatic N) is 2. The minimum Gasteiger partial charge on any atom is -0.508 e. The van der Waals surface area contributed by atoms with Gasteiger partial charge < -0.3 is 20.0 Å². The van der Waals surface area contributed by atoms with Crippen LogP contribution in [0.3, 0.4) is 0 Å². The number of aromatic hydroxyl groups is 1. The number of phenols is 1. The van der Waals surface area contributed by atoms with E-state index in [1.54, 1.807) is 7.05 Å². The molecule has 0 aliphatic carbocycles. The van der Waals surface area contributed by atoms with E-state index in [1.807, 2.05) is 0 Å². The van der Waals surface area contributed by atoms with E-state index >= 15 is 0 Å². The van der Waals surface area contributed by atoms with Gasteiger partial charge >= 0.3 is 5.97 Å². The summed E-state index contributed by atoms with van der Waals surface area (Å²) in [6, 6.07) is 5.69. The predicted molar refractivity (Wildman–Crippen MR) is 73.8 cm³/mol. The highest BCUT2D eigenvalue weighted by Gasteiger charge is 2.35. The molecule has 1 fully saturated rings. The molecule has 1 aliphatic rings. The van der Waals surface area contributed by atoms with Crippen LogP contribution in [0.25, 0.3) is 0 Å². The van der Waals surface area contributed by atoms with Gasteiger partial charge in [-0.25, -0.2) is 0 Å². The van der Waals surface area contributed by atoms with Crippen molar-refractivity contribution in [2.75, 3.05) is 25.0 Å². The Morgan fingerprint density at radius 3 is 2.43 bits per heavy atom. The molecule has 0 radical (unpaired) electrons. The lowest BCUT2D eigenvalue weighted by molar-refractivity contribution is -0.137. The number of rotatable bonds is 4. The number of hydrogen-bond acceptors (Lipinski definition) is 4. The molecule has 21 heavy (non-hydrogen) atoms. The molecule has 2 rings (SSSR count). The number of benzene rings is 1. The van der Waals surface area contributed by atoms with E-state index in [-0.39, 0.29) is 24.6 Å². The van der Waals surface area contributed by atoms with Crippen molar-refractivity contribution in [2.45, 2.75) is 6.42 Å². The van der Waals surface area contributed by atoms with Gasteiger partial charge in [-0.05, 0) is 24.3 Å². The van der Waals surface area contributed by atoms with E-state index in [9.17, 15) is 19.5 Å². The van der Waals surface area contributed by atoms with Crippen molar-refractivity contribution < 1.29 is 24.6 Å². The zero-order valence-electron chi connectivity index (χ0n) is 11.5. The zero-order valence-corrected chi connectivity index (χ0v) is 11.5. The molecule has 0 saturated carbocycles. The summed E-state index contributed by atoms with van der Waals surface area (Å²) < 4.78 is 0. The van der Waals surface area contributed by atoms with E-state index in [2.05, 4.69) is 0 Å². The average Bonchev–Trinajstić information content (AvgIpc) is 2.76. The Hall–Kier alpha value is -2.57. The van der Waals surface area contributed by atoms with E-state index in [0.29, 0.717) is 5.69 Å². The van der Waals surface area contributed by atoms with Gasteiger partial charge in [-0.1, -0.05) is 0 Å². The molecule has 1 aliphatic heterocycles. The SMILES string of the molecule is CN1CC(C(=O)N(CC(=O)O)c2ccc(O)cc2)CC1=O. The summed E-state index contributed by atoms with van der Waals surface area (Å²) in [6.45, 7) is -0.204. The molecule has 2 amide bonds. The van der Waals surface area contributed by atoms with Crippen LogP contribution in [-0.4, -0.2) is 53.0 Å². The van der Waals surface area contributed by atoms with Crippen LogP contribution in [0.1, 0.15) is 6.42 Å². The van der Waals surface area contributed by atoms with Gasteiger partial charge in [0.2, 0.25) is 11.8 Å². The quantitative estimate of drug-likeness (QED) is 0.831. The number of likely N-dealkylation sites (tertiary alicyclic amines) is 1. The molecule has 0 spiro atoms. The summed E-state index contributed by atoms with van der Waals surface area (Å²) in [6.07, 6.45) is 0.0868. The van der Waals surface area contributed by atoms with Crippen LogP contribution in [0.2, 0.25) is 0 Å². The molecule has 0 aromatic heterocycles. The Bertz CT molecular complexity index is 569. The highest BCUT2D eigenvalue weighted by molar-refractivity contribution is 6.01. The Balaban J connectivity index is 2.23. The van der Waals surface area contributed by atoms with Crippen LogP contribution in [0.15, 0.2) is 24.3 Å². The van der Waals surface area contributed by atoms with Crippen molar-refractivity contribution in [3.8, 4) is 5.75 Å². The van der Waals surface area contributed by atoms with Gasteiger partial charge in [-0.2, -0.15) is 0 Å². The number of carbonyl (C=O) groups is 3. The molecule has 1 aromatic rings. The Morgan fingerprint density at radius 1 is 1.33 bits per heavy atom. The van der Waals surface area contributed by atoms with E-state index < -0.39 is 24.3 Å². The van der Waals surface area contributed by atoms with Crippen LogP contribution < -0.4 is 4.90 Å². The lowest BCUT2D eigenvalue weighted by atomic mass is 10.1. The second-order valence-corrected chi connectivity index (χ2v) is 5.01. The van der Waals surface area contributed by atoms with Gasteiger partial charge in [-0.15, -0.1) is 0 Å². The second kappa shape index (κ2) is 5.82. The number of carboxylic acids is 1. The number of anilines is 1. The smallest absolute Gasteiger partial charge is 0.323 e. The van der Waals surface area contributed by atoms with Gasteiger partial charge in [0.05, 0.1) is 5.92 Å². The molecule has 1 heterocycles. The summed E-state index contributed by atoms with van der Waals surface area (Å²) in [5.41, 5.74) is 0.377. The number of phenolic OH excluding ortho intramolecular Hbond substituents is 1. The van der Waals surface area contributed by atoms with Crippen molar-refractivity contribution in [1.29, 1.82) is 0 Å². The normalized spacial score (nSPS) is 17.9. The number of carbonyl (C=O) groups excluding carboxylic acids is 2. The number of aliphatic carboxylic acids is 1. The minimum absolute atomic E-state index is 0.0252. The minimum atomic E-state index is -1.14. The molecule has 1 saturated heterocycles. The van der Waals surface area contributed by atoms with Crippen LogP contribution in [-0.2, 0) is 14.4 Å².